The summed E-state index contributed by atoms with van der Waals surface area (Å²) < 4.78 is 5.93. The minimum Gasteiger partial charge on any atom is -0.545 e. The Kier molecular flexibility index (Phi) is 7.44. The van der Waals surface area contributed by atoms with Gasteiger partial charge in [0.2, 0.25) is 0 Å². The number of rotatable bonds is 5. The second kappa shape index (κ2) is 11.0. The van der Waals surface area contributed by atoms with Crippen molar-refractivity contribution in [2.24, 2.45) is 0 Å². The van der Waals surface area contributed by atoms with Gasteiger partial charge in [0.05, 0.1) is 28.3 Å². The molecule has 2 saturated heterocycles. The standard InChI is InChI=1S/C31H30N4O4.Na/c36-29-22-6-2-3-7-23(22)30-27-26(29)24(32-20-10-8-19(9-11-20)31(37)38)18-25(28(27)33-39-30)35-16-12-21(13-17-35)34-14-4-1-5-15-34;/h2-3,6-11,18,21,32H,1,4-5,12-17H2,(H,37,38);/q;+1/p-1. The van der Waals surface area contributed by atoms with E-state index in [0.717, 1.165) is 42.6 Å². The fraction of sp³-hybridized carbons (Fsp3) is 0.323. The number of hydrogen-bond acceptors (Lipinski definition) is 8. The van der Waals surface area contributed by atoms with Gasteiger partial charge >= 0.3 is 29.6 Å². The second-order valence-corrected chi connectivity index (χ2v) is 10.7. The van der Waals surface area contributed by atoms with Gasteiger partial charge in [-0.3, -0.25) is 4.79 Å². The van der Waals surface area contributed by atoms with Gasteiger partial charge in [0.15, 0.2) is 11.5 Å². The maximum atomic E-state index is 13.8. The Balaban J connectivity index is 0.00000289. The van der Waals surface area contributed by atoms with Gasteiger partial charge < -0.3 is 29.5 Å². The van der Waals surface area contributed by atoms with Crippen LogP contribution in [0.25, 0.3) is 22.2 Å². The summed E-state index contributed by atoms with van der Waals surface area (Å²) in [5.74, 6) is -0.708. The molecular formula is C31H29N4NaO4. The normalized spacial score (nSPS) is 17.4. The summed E-state index contributed by atoms with van der Waals surface area (Å²) in [6.45, 7) is 4.20. The number of nitrogens with one attached hydrogen (secondary N) is 1. The van der Waals surface area contributed by atoms with E-state index < -0.39 is 5.97 Å². The molecule has 0 saturated carbocycles. The van der Waals surface area contributed by atoms with Gasteiger partial charge in [-0.1, -0.05) is 48.0 Å². The number of nitrogens with zero attached hydrogens (tertiary/aromatic N) is 3. The average Bonchev–Trinajstić information content (AvgIpc) is 3.42. The number of hydrogen-bond donors (Lipinski definition) is 1. The molecule has 3 heterocycles. The summed E-state index contributed by atoms with van der Waals surface area (Å²) in [5.41, 5.74) is 4.93. The molecular weight excluding hydrogens is 515 g/mol. The number of piperidine rings is 2. The van der Waals surface area contributed by atoms with Crippen LogP contribution in [0.2, 0.25) is 0 Å². The zero-order valence-corrected chi connectivity index (χ0v) is 24.6. The number of carboxylic acid groups (broad SMARTS) is 1. The van der Waals surface area contributed by atoms with E-state index in [1.807, 2.05) is 30.3 Å². The van der Waals surface area contributed by atoms with Crippen LogP contribution in [0.5, 0.6) is 0 Å². The zero-order valence-electron chi connectivity index (χ0n) is 22.6. The number of carbonyl (C=O) groups excluding carboxylic acids is 2. The van der Waals surface area contributed by atoms with Crippen molar-refractivity contribution in [1.29, 1.82) is 0 Å². The quantitative estimate of drug-likeness (QED) is 0.333. The number of anilines is 3. The third-order valence-electron chi connectivity index (χ3n) is 8.49. The fourth-order valence-corrected chi connectivity index (χ4v) is 6.48. The molecule has 3 aliphatic rings. The van der Waals surface area contributed by atoms with Gasteiger partial charge in [-0.05, 0) is 62.5 Å². The number of benzene rings is 3. The van der Waals surface area contributed by atoms with E-state index >= 15 is 0 Å². The largest absolute Gasteiger partial charge is 1.00 e. The molecule has 40 heavy (non-hydrogen) atoms. The van der Waals surface area contributed by atoms with Gasteiger partial charge in [0.1, 0.15) is 5.52 Å². The van der Waals surface area contributed by atoms with Crippen molar-refractivity contribution in [3.8, 4) is 11.3 Å². The number of fused-ring (bicyclic) bond motifs is 2. The molecule has 0 radical (unpaired) electrons. The van der Waals surface area contributed by atoms with Crippen molar-refractivity contribution in [3.05, 3.63) is 71.3 Å². The number of carbonyl (C=O) groups is 2. The number of carboxylic acids is 1. The number of aromatic nitrogens is 1. The smallest absolute Gasteiger partial charge is 0.545 e. The van der Waals surface area contributed by atoms with Crippen LogP contribution in [0.15, 0.2) is 59.1 Å². The molecule has 0 bridgehead atoms. The summed E-state index contributed by atoms with van der Waals surface area (Å²) in [6.07, 6.45) is 6.09. The Morgan fingerprint density at radius 3 is 2.35 bits per heavy atom. The molecule has 2 aliphatic heterocycles. The molecule has 1 aromatic heterocycles. The maximum Gasteiger partial charge on any atom is 1.00 e. The van der Waals surface area contributed by atoms with Crippen molar-refractivity contribution in [2.75, 3.05) is 36.4 Å². The molecule has 8 nitrogen and oxygen atoms in total. The maximum absolute atomic E-state index is 13.8. The minimum atomic E-state index is -1.23. The molecule has 198 valence electrons. The topological polar surface area (TPSA) is 102 Å². The third kappa shape index (κ3) is 4.63. The monoisotopic (exact) mass is 544 g/mol. The predicted molar refractivity (Wildman–Crippen MR) is 148 cm³/mol. The molecule has 2 fully saturated rings. The van der Waals surface area contributed by atoms with Gasteiger partial charge in [-0.2, -0.15) is 0 Å². The first kappa shape index (κ1) is 27.0. The van der Waals surface area contributed by atoms with E-state index in [1.54, 1.807) is 12.1 Å². The summed E-state index contributed by atoms with van der Waals surface area (Å²) >= 11 is 0. The molecule has 1 N–H and O–H groups in total. The van der Waals surface area contributed by atoms with Crippen molar-refractivity contribution >= 4 is 39.7 Å². The van der Waals surface area contributed by atoms with E-state index in [4.69, 9.17) is 4.52 Å². The summed E-state index contributed by atoms with van der Waals surface area (Å²) in [7, 11) is 0. The predicted octanol–water partition coefficient (Wildman–Crippen LogP) is 1.60. The number of ketones is 1. The second-order valence-electron chi connectivity index (χ2n) is 10.7. The molecule has 0 atom stereocenters. The van der Waals surface area contributed by atoms with Crippen molar-refractivity contribution in [1.82, 2.24) is 10.1 Å². The van der Waals surface area contributed by atoms with Gasteiger partial charge in [0, 0.05) is 35.9 Å². The van der Waals surface area contributed by atoms with E-state index in [0.29, 0.717) is 39.8 Å². The van der Waals surface area contributed by atoms with Crippen LogP contribution in [0.1, 0.15) is 58.4 Å². The van der Waals surface area contributed by atoms with Gasteiger partial charge in [-0.15, -0.1) is 0 Å². The Bertz CT molecular complexity index is 1590. The number of likely N-dealkylation sites (tertiary alicyclic amines) is 1. The Hall–Kier alpha value is -3.17. The van der Waals surface area contributed by atoms with Crippen molar-refractivity contribution < 1.29 is 48.8 Å². The molecule has 3 aromatic carbocycles. The molecule has 0 unspecified atom stereocenters. The van der Waals surface area contributed by atoms with Crippen LogP contribution < -0.4 is 44.9 Å². The first-order valence-corrected chi connectivity index (χ1v) is 13.8. The fourth-order valence-electron chi connectivity index (χ4n) is 6.48. The van der Waals surface area contributed by atoms with Gasteiger partial charge in [-0.25, -0.2) is 0 Å². The van der Waals surface area contributed by atoms with Gasteiger partial charge in [0.25, 0.3) is 0 Å². The van der Waals surface area contributed by atoms with Crippen molar-refractivity contribution in [2.45, 2.75) is 38.1 Å². The minimum absolute atomic E-state index is 0. The Morgan fingerprint density at radius 2 is 1.65 bits per heavy atom. The zero-order chi connectivity index (χ0) is 26.5. The molecule has 9 heteroatoms. The van der Waals surface area contributed by atoms with E-state index in [-0.39, 0.29) is 40.9 Å². The molecule has 0 spiro atoms. The SMILES string of the molecule is O=C([O-])c1ccc(Nc2cc(N3CCC(N4CCCCC4)CC3)c3noc4c3c2C(=O)c2ccccc2-4)cc1.[Na+]. The molecule has 0 amide bonds. The van der Waals surface area contributed by atoms with E-state index in [2.05, 4.69) is 20.3 Å². The van der Waals surface area contributed by atoms with Crippen LogP contribution >= 0.6 is 0 Å². The summed E-state index contributed by atoms with van der Waals surface area (Å²) in [4.78, 5) is 30.1. The van der Waals surface area contributed by atoms with Crippen LogP contribution in [-0.4, -0.2) is 54.0 Å². The Labute approximate surface area is 254 Å². The number of aromatic carboxylic acids is 1. The summed E-state index contributed by atoms with van der Waals surface area (Å²) in [5, 5.41) is 19.9. The first-order chi connectivity index (χ1) is 19.1. The van der Waals surface area contributed by atoms with Crippen LogP contribution in [0.4, 0.5) is 17.1 Å². The van der Waals surface area contributed by atoms with Crippen LogP contribution in [0.3, 0.4) is 0 Å². The average molecular weight is 545 g/mol. The third-order valence-corrected chi connectivity index (χ3v) is 8.49. The van der Waals surface area contributed by atoms with Crippen LogP contribution in [-0.2, 0) is 0 Å². The van der Waals surface area contributed by atoms with E-state index in [9.17, 15) is 14.7 Å². The van der Waals surface area contributed by atoms with Crippen molar-refractivity contribution in [3.63, 3.8) is 0 Å². The Morgan fingerprint density at radius 1 is 0.950 bits per heavy atom. The molecule has 1 aliphatic carbocycles. The first-order valence-electron chi connectivity index (χ1n) is 13.8. The van der Waals surface area contributed by atoms with E-state index in [1.165, 1.54) is 44.5 Å². The summed E-state index contributed by atoms with van der Waals surface area (Å²) in [6, 6.07) is 16.4. The molecule has 4 aromatic rings. The molecule has 7 rings (SSSR count). The van der Waals surface area contributed by atoms with Crippen LogP contribution in [0, 0.1) is 0 Å².